The van der Waals surface area contributed by atoms with Crippen LogP contribution in [0, 0.1) is 0 Å². The number of hydrogen-bond acceptors (Lipinski definition) is 4. The molecule has 0 aromatic heterocycles. The summed E-state index contributed by atoms with van der Waals surface area (Å²) in [5.41, 5.74) is 6.41. The fourth-order valence-corrected chi connectivity index (χ4v) is 1.49. The van der Waals surface area contributed by atoms with Gasteiger partial charge in [-0.25, -0.2) is 0 Å². The molecular formula is C13H20N2O3. The van der Waals surface area contributed by atoms with E-state index in [1.165, 1.54) is 0 Å². The van der Waals surface area contributed by atoms with Crippen molar-refractivity contribution < 1.29 is 14.3 Å². The molecule has 5 heteroatoms. The Morgan fingerprint density at radius 2 is 1.83 bits per heavy atom. The lowest BCUT2D eigenvalue weighted by molar-refractivity contribution is -0.120. The lowest BCUT2D eigenvalue weighted by atomic mass is 10.1. The molecule has 0 radical (unpaired) electrons. The van der Waals surface area contributed by atoms with E-state index in [-0.39, 0.29) is 18.4 Å². The maximum Gasteiger partial charge on any atom is 0.224 e. The minimum atomic E-state index is -0.0670. The van der Waals surface area contributed by atoms with E-state index in [0.29, 0.717) is 18.0 Å². The van der Waals surface area contributed by atoms with Gasteiger partial charge in [-0.1, -0.05) is 0 Å². The third kappa shape index (κ3) is 4.63. The Labute approximate surface area is 107 Å². The molecule has 1 amide bonds. The van der Waals surface area contributed by atoms with Crippen molar-refractivity contribution in [2.75, 3.05) is 20.8 Å². The maximum atomic E-state index is 11.7. The van der Waals surface area contributed by atoms with Crippen LogP contribution in [0.3, 0.4) is 0 Å². The predicted molar refractivity (Wildman–Crippen MR) is 69.9 cm³/mol. The van der Waals surface area contributed by atoms with E-state index >= 15 is 0 Å². The molecule has 0 saturated carbocycles. The number of nitrogens with one attached hydrogen (secondary N) is 1. The monoisotopic (exact) mass is 252 g/mol. The van der Waals surface area contributed by atoms with Gasteiger partial charge in [-0.05, 0) is 24.6 Å². The molecule has 0 bridgehead atoms. The maximum absolute atomic E-state index is 11.7. The number of rotatable bonds is 6. The molecule has 0 spiro atoms. The topological polar surface area (TPSA) is 73.6 Å². The van der Waals surface area contributed by atoms with Crippen molar-refractivity contribution in [3.8, 4) is 11.5 Å². The van der Waals surface area contributed by atoms with Gasteiger partial charge in [-0.15, -0.1) is 0 Å². The van der Waals surface area contributed by atoms with Crippen molar-refractivity contribution >= 4 is 5.91 Å². The second kappa shape index (κ2) is 6.86. The first-order valence-corrected chi connectivity index (χ1v) is 5.79. The molecule has 1 aromatic carbocycles. The highest BCUT2D eigenvalue weighted by molar-refractivity contribution is 5.78. The van der Waals surface area contributed by atoms with Crippen LogP contribution in [0.2, 0.25) is 0 Å². The Balaban J connectivity index is 2.68. The summed E-state index contributed by atoms with van der Waals surface area (Å²) in [6.07, 6.45) is 0.278. The van der Waals surface area contributed by atoms with Gasteiger partial charge in [0.2, 0.25) is 5.91 Å². The van der Waals surface area contributed by atoms with Crippen LogP contribution < -0.4 is 20.5 Å². The fourth-order valence-electron chi connectivity index (χ4n) is 1.49. The molecule has 0 aliphatic carbocycles. The Bertz CT molecular complexity index is 383. The largest absolute Gasteiger partial charge is 0.497 e. The van der Waals surface area contributed by atoms with E-state index in [4.69, 9.17) is 15.2 Å². The smallest absolute Gasteiger partial charge is 0.224 e. The Morgan fingerprint density at radius 1 is 1.28 bits per heavy atom. The van der Waals surface area contributed by atoms with Crippen LogP contribution in [0.4, 0.5) is 0 Å². The van der Waals surface area contributed by atoms with Crippen molar-refractivity contribution in [1.82, 2.24) is 5.32 Å². The first-order chi connectivity index (χ1) is 8.55. The highest BCUT2D eigenvalue weighted by Gasteiger charge is 2.07. The third-order valence-electron chi connectivity index (χ3n) is 2.40. The molecule has 1 atom stereocenters. The summed E-state index contributed by atoms with van der Waals surface area (Å²) in [4.78, 5) is 11.7. The molecule has 100 valence electrons. The zero-order valence-corrected chi connectivity index (χ0v) is 11.0. The second-order valence-electron chi connectivity index (χ2n) is 4.18. The van der Waals surface area contributed by atoms with Crippen LogP contribution in [0.1, 0.15) is 12.5 Å². The first-order valence-electron chi connectivity index (χ1n) is 5.79. The van der Waals surface area contributed by atoms with E-state index < -0.39 is 0 Å². The summed E-state index contributed by atoms with van der Waals surface area (Å²) in [6, 6.07) is 5.35. The zero-order chi connectivity index (χ0) is 13.5. The van der Waals surface area contributed by atoms with Crippen LogP contribution in [-0.4, -0.2) is 32.7 Å². The van der Waals surface area contributed by atoms with Crippen molar-refractivity contribution in [3.63, 3.8) is 0 Å². The number of nitrogens with two attached hydrogens (primary N) is 1. The lowest BCUT2D eigenvalue weighted by Crippen LogP contribution is -2.35. The lowest BCUT2D eigenvalue weighted by Gasteiger charge is -2.10. The number of ether oxygens (including phenoxy) is 2. The quantitative estimate of drug-likeness (QED) is 0.782. The highest BCUT2D eigenvalue weighted by atomic mass is 16.5. The zero-order valence-electron chi connectivity index (χ0n) is 11.0. The van der Waals surface area contributed by atoms with E-state index in [2.05, 4.69) is 5.32 Å². The molecule has 18 heavy (non-hydrogen) atoms. The number of methoxy groups -OCH3 is 2. The molecule has 0 aliphatic heterocycles. The molecule has 0 heterocycles. The van der Waals surface area contributed by atoms with Crippen LogP contribution >= 0.6 is 0 Å². The number of amides is 1. The van der Waals surface area contributed by atoms with Gasteiger partial charge >= 0.3 is 0 Å². The van der Waals surface area contributed by atoms with Gasteiger partial charge in [0.15, 0.2) is 0 Å². The minimum Gasteiger partial charge on any atom is -0.497 e. The average molecular weight is 252 g/mol. The molecular weight excluding hydrogens is 232 g/mol. The number of carbonyl (C=O) groups is 1. The summed E-state index contributed by atoms with van der Waals surface area (Å²) in [5.74, 6) is 1.27. The number of hydrogen-bond donors (Lipinski definition) is 2. The van der Waals surface area contributed by atoms with Crippen LogP contribution in [0.25, 0.3) is 0 Å². The molecule has 0 saturated heterocycles. The Morgan fingerprint density at radius 3 is 2.28 bits per heavy atom. The van der Waals surface area contributed by atoms with Gasteiger partial charge in [0.05, 0.1) is 20.6 Å². The SMILES string of the molecule is COc1cc(CC(=O)NCC(C)N)cc(OC)c1. The van der Waals surface area contributed by atoms with E-state index in [9.17, 15) is 4.79 Å². The van der Waals surface area contributed by atoms with Gasteiger partial charge < -0.3 is 20.5 Å². The molecule has 0 fully saturated rings. The normalized spacial score (nSPS) is 11.8. The molecule has 3 N–H and O–H groups in total. The van der Waals surface area contributed by atoms with Crippen molar-refractivity contribution in [2.24, 2.45) is 5.73 Å². The van der Waals surface area contributed by atoms with E-state index in [1.54, 1.807) is 20.3 Å². The molecule has 5 nitrogen and oxygen atoms in total. The first kappa shape index (κ1) is 14.3. The number of carbonyl (C=O) groups excluding carboxylic acids is 1. The molecule has 1 unspecified atom stereocenters. The highest BCUT2D eigenvalue weighted by Crippen LogP contribution is 2.22. The summed E-state index contributed by atoms with van der Waals surface area (Å²) < 4.78 is 10.3. The van der Waals surface area contributed by atoms with E-state index in [0.717, 1.165) is 5.56 Å². The summed E-state index contributed by atoms with van der Waals surface area (Å²) in [5, 5.41) is 2.76. The predicted octanol–water partition coefficient (Wildman–Crippen LogP) is 0.710. The van der Waals surface area contributed by atoms with Gasteiger partial charge in [0.1, 0.15) is 11.5 Å². The average Bonchev–Trinajstić information content (AvgIpc) is 2.35. The standard InChI is InChI=1S/C13H20N2O3/c1-9(14)8-15-13(16)6-10-4-11(17-2)7-12(5-10)18-3/h4-5,7,9H,6,8,14H2,1-3H3,(H,15,16). The van der Waals surface area contributed by atoms with E-state index in [1.807, 2.05) is 19.1 Å². The summed E-state index contributed by atoms with van der Waals surface area (Å²) in [7, 11) is 3.16. The Kier molecular flexibility index (Phi) is 5.45. The summed E-state index contributed by atoms with van der Waals surface area (Å²) in [6.45, 7) is 2.31. The Hall–Kier alpha value is -1.75. The van der Waals surface area contributed by atoms with Gasteiger partial charge in [-0.3, -0.25) is 4.79 Å². The van der Waals surface area contributed by atoms with Crippen molar-refractivity contribution in [2.45, 2.75) is 19.4 Å². The number of benzene rings is 1. The van der Waals surface area contributed by atoms with Crippen LogP contribution in [0.15, 0.2) is 18.2 Å². The van der Waals surface area contributed by atoms with Crippen LogP contribution in [-0.2, 0) is 11.2 Å². The van der Waals surface area contributed by atoms with Gasteiger partial charge in [-0.2, -0.15) is 0 Å². The minimum absolute atomic E-state index is 0.0474. The molecule has 1 rings (SSSR count). The van der Waals surface area contributed by atoms with Crippen molar-refractivity contribution in [1.29, 1.82) is 0 Å². The van der Waals surface area contributed by atoms with Gasteiger partial charge in [0, 0.05) is 18.7 Å². The molecule has 0 aliphatic rings. The molecule has 1 aromatic rings. The van der Waals surface area contributed by atoms with Crippen molar-refractivity contribution in [3.05, 3.63) is 23.8 Å². The van der Waals surface area contributed by atoms with Crippen LogP contribution in [0.5, 0.6) is 11.5 Å². The second-order valence-corrected chi connectivity index (χ2v) is 4.18. The third-order valence-corrected chi connectivity index (χ3v) is 2.40. The fraction of sp³-hybridized carbons (Fsp3) is 0.462. The summed E-state index contributed by atoms with van der Waals surface area (Å²) >= 11 is 0. The van der Waals surface area contributed by atoms with Gasteiger partial charge in [0.25, 0.3) is 0 Å².